The van der Waals surface area contributed by atoms with Crippen molar-refractivity contribution in [1.82, 2.24) is 5.32 Å². The zero-order valence-corrected chi connectivity index (χ0v) is 13.0. The number of aryl methyl sites for hydroxylation is 1. The average molecular weight is 275 g/mol. The highest BCUT2D eigenvalue weighted by atomic mass is 16.5. The van der Waals surface area contributed by atoms with Gasteiger partial charge in [0.1, 0.15) is 5.75 Å². The second-order valence-electron chi connectivity index (χ2n) is 6.10. The van der Waals surface area contributed by atoms with Gasteiger partial charge in [0.05, 0.1) is 7.11 Å². The molecule has 0 radical (unpaired) electrons. The fourth-order valence-electron chi connectivity index (χ4n) is 3.30. The van der Waals surface area contributed by atoms with Gasteiger partial charge in [-0.3, -0.25) is 0 Å². The summed E-state index contributed by atoms with van der Waals surface area (Å²) < 4.78 is 5.20. The summed E-state index contributed by atoms with van der Waals surface area (Å²) >= 11 is 0. The molecule has 0 spiro atoms. The lowest BCUT2D eigenvalue weighted by molar-refractivity contribution is 0.405. The first-order valence-corrected chi connectivity index (χ1v) is 8.12. The molecule has 1 atom stereocenters. The summed E-state index contributed by atoms with van der Waals surface area (Å²) in [7, 11) is 3.82. The van der Waals surface area contributed by atoms with E-state index in [2.05, 4.69) is 36.6 Å². The van der Waals surface area contributed by atoms with E-state index in [1.54, 1.807) is 7.11 Å². The first-order chi connectivity index (χ1) is 9.81. The van der Waals surface area contributed by atoms with E-state index >= 15 is 0 Å². The quantitative estimate of drug-likeness (QED) is 0.768. The van der Waals surface area contributed by atoms with Crippen molar-refractivity contribution in [2.45, 2.75) is 57.4 Å². The molecule has 1 N–H and O–H groups in total. The molecule has 0 heterocycles. The van der Waals surface area contributed by atoms with Crippen LogP contribution in [0.3, 0.4) is 0 Å². The van der Waals surface area contributed by atoms with Crippen LogP contribution in [0.5, 0.6) is 5.75 Å². The molecule has 1 fully saturated rings. The van der Waals surface area contributed by atoms with Gasteiger partial charge in [0.2, 0.25) is 0 Å². The predicted octanol–water partition coefficient (Wildman–Crippen LogP) is 4.19. The second-order valence-corrected chi connectivity index (χ2v) is 6.10. The maximum absolute atomic E-state index is 5.20. The van der Waals surface area contributed by atoms with E-state index < -0.39 is 0 Å². The van der Waals surface area contributed by atoms with Gasteiger partial charge in [0.25, 0.3) is 0 Å². The van der Waals surface area contributed by atoms with E-state index in [0.717, 1.165) is 18.1 Å². The van der Waals surface area contributed by atoms with Gasteiger partial charge >= 0.3 is 0 Å². The summed E-state index contributed by atoms with van der Waals surface area (Å²) in [5, 5.41) is 3.49. The zero-order chi connectivity index (χ0) is 14.2. The van der Waals surface area contributed by atoms with Gasteiger partial charge in [-0.05, 0) is 56.3 Å². The number of benzene rings is 1. The van der Waals surface area contributed by atoms with Gasteiger partial charge in [0, 0.05) is 6.04 Å². The van der Waals surface area contributed by atoms with Crippen LogP contribution in [0.4, 0.5) is 0 Å². The van der Waals surface area contributed by atoms with Crippen molar-refractivity contribution in [3.63, 3.8) is 0 Å². The highest BCUT2D eigenvalue weighted by Gasteiger charge is 2.16. The summed E-state index contributed by atoms with van der Waals surface area (Å²) in [6, 6.07) is 9.15. The summed E-state index contributed by atoms with van der Waals surface area (Å²) in [4.78, 5) is 0. The Hall–Kier alpha value is -1.02. The van der Waals surface area contributed by atoms with E-state index in [1.807, 2.05) is 0 Å². The molecule has 0 bridgehead atoms. The number of methoxy groups -OCH3 is 1. The van der Waals surface area contributed by atoms with Crippen LogP contribution >= 0.6 is 0 Å². The minimum absolute atomic E-state index is 0.665. The first kappa shape index (κ1) is 15.4. The van der Waals surface area contributed by atoms with Crippen LogP contribution in [-0.4, -0.2) is 20.2 Å². The normalized spacial score (nSPS) is 17.3. The second kappa shape index (κ2) is 8.31. The third-order valence-corrected chi connectivity index (χ3v) is 4.75. The third kappa shape index (κ3) is 4.82. The molecule has 1 unspecified atom stereocenters. The molecule has 1 aliphatic rings. The smallest absolute Gasteiger partial charge is 0.118 e. The van der Waals surface area contributed by atoms with Gasteiger partial charge in [-0.1, -0.05) is 37.8 Å². The Bertz CT molecular complexity index is 368. The molecule has 1 aliphatic carbocycles. The van der Waals surface area contributed by atoms with E-state index in [0.29, 0.717) is 6.04 Å². The molecule has 2 heteroatoms. The van der Waals surface area contributed by atoms with E-state index in [1.165, 1.54) is 50.5 Å². The number of hydrogen-bond donors (Lipinski definition) is 1. The summed E-state index contributed by atoms with van der Waals surface area (Å²) in [6.07, 6.45) is 11.0. The Balaban J connectivity index is 1.71. The molecule has 1 aromatic rings. The summed E-state index contributed by atoms with van der Waals surface area (Å²) in [6.45, 7) is 0. The van der Waals surface area contributed by atoms with Crippen molar-refractivity contribution < 1.29 is 4.74 Å². The van der Waals surface area contributed by atoms with Crippen LogP contribution in [0.15, 0.2) is 24.3 Å². The largest absolute Gasteiger partial charge is 0.497 e. The van der Waals surface area contributed by atoms with Crippen LogP contribution in [-0.2, 0) is 6.42 Å². The fraction of sp³-hybridized carbons (Fsp3) is 0.667. The van der Waals surface area contributed by atoms with Crippen molar-refractivity contribution in [3.8, 4) is 5.75 Å². The minimum Gasteiger partial charge on any atom is -0.497 e. The number of ether oxygens (including phenoxy) is 1. The molecule has 0 amide bonds. The summed E-state index contributed by atoms with van der Waals surface area (Å²) in [5.41, 5.74) is 1.41. The lowest BCUT2D eigenvalue weighted by Gasteiger charge is -2.18. The Labute approximate surface area is 123 Å². The van der Waals surface area contributed by atoms with Crippen LogP contribution < -0.4 is 10.1 Å². The number of rotatable bonds is 8. The standard InChI is InChI=1S/C18H29NO/c1-19-17(11-7-15-5-3-4-6-15)12-8-16-9-13-18(20-2)14-10-16/h9-10,13-15,17,19H,3-8,11-12H2,1-2H3. The van der Waals surface area contributed by atoms with Crippen molar-refractivity contribution in [2.75, 3.05) is 14.2 Å². The molecular formula is C18H29NO. The molecule has 1 aromatic carbocycles. The molecule has 0 saturated heterocycles. The van der Waals surface area contributed by atoms with E-state index in [-0.39, 0.29) is 0 Å². The first-order valence-electron chi connectivity index (χ1n) is 8.12. The number of hydrogen-bond acceptors (Lipinski definition) is 2. The Kier molecular flexibility index (Phi) is 6.38. The van der Waals surface area contributed by atoms with Crippen molar-refractivity contribution >= 4 is 0 Å². The maximum atomic E-state index is 5.20. The van der Waals surface area contributed by atoms with Crippen LogP contribution in [0.1, 0.15) is 50.5 Å². The Morgan fingerprint density at radius 1 is 1.15 bits per heavy atom. The van der Waals surface area contributed by atoms with Gasteiger partial charge in [-0.15, -0.1) is 0 Å². The van der Waals surface area contributed by atoms with Crippen LogP contribution in [0.25, 0.3) is 0 Å². The molecule has 1 saturated carbocycles. The molecule has 2 rings (SSSR count). The molecule has 2 nitrogen and oxygen atoms in total. The highest BCUT2D eigenvalue weighted by molar-refractivity contribution is 5.27. The summed E-state index contributed by atoms with van der Waals surface area (Å²) in [5.74, 6) is 1.95. The van der Waals surface area contributed by atoms with Crippen LogP contribution in [0, 0.1) is 5.92 Å². The third-order valence-electron chi connectivity index (χ3n) is 4.75. The topological polar surface area (TPSA) is 21.3 Å². The van der Waals surface area contributed by atoms with E-state index in [4.69, 9.17) is 4.74 Å². The average Bonchev–Trinajstić information content (AvgIpc) is 3.01. The lowest BCUT2D eigenvalue weighted by Crippen LogP contribution is -2.26. The molecule has 0 aromatic heterocycles. The lowest BCUT2D eigenvalue weighted by atomic mass is 9.95. The van der Waals surface area contributed by atoms with Gasteiger partial charge in [-0.25, -0.2) is 0 Å². The van der Waals surface area contributed by atoms with Gasteiger partial charge in [0.15, 0.2) is 0 Å². The Morgan fingerprint density at radius 2 is 1.85 bits per heavy atom. The van der Waals surface area contributed by atoms with Gasteiger partial charge < -0.3 is 10.1 Å². The maximum Gasteiger partial charge on any atom is 0.118 e. The van der Waals surface area contributed by atoms with Crippen molar-refractivity contribution in [1.29, 1.82) is 0 Å². The van der Waals surface area contributed by atoms with E-state index in [9.17, 15) is 0 Å². The van der Waals surface area contributed by atoms with Crippen LogP contribution in [0.2, 0.25) is 0 Å². The predicted molar refractivity (Wildman–Crippen MR) is 85.4 cm³/mol. The zero-order valence-electron chi connectivity index (χ0n) is 13.0. The SMILES string of the molecule is CNC(CCc1ccc(OC)cc1)CCC1CCCC1. The number of nitrogens with one attached hydrogen (secondary N) is 1. The molecule has 0 aliphatic heterocycles. The minimum atomic E-state index is 0.665. The van der Waals surface area contributed by atoms with Gasteiger partial charge in [-0.2, -0.15) is 0 Å². The monoisotopic (exact) mass is 275 g/mol. The molecular weight excluding hydrogens is 246 g/mol. The molecule has 112 valence electrons. The van der Waals surface area contributed by atoms with Crippen molar-refractivity contribution in [3.05, 3.63) is 29.8 Å². The molecule has 20 heavy (non-hydrogen) atoms. The highest BCUT2D eigenvalue weighted by Crippen LogP contribution is 2.29. The van der Waals surface area contributed by atoms with Crippen molar-refractivity contribution in [2.24, 2.45) is 5.92 Å². The Morgan fingerprint density at radius 3 is 2.45 bits per heavy atom. The fourth-order valence-corrected chi connectivity index (χ4v) is 3.30.